The van der Waals surface area contributed by atoms with Gasteiger partial charge in [-0.05, 0) is 18.6 Å². The van der Waals surface area contributed by atoms with Gasteiger partial charge in [-0.3, -0.25) is 14.1 Å². The molecule has 0 aliphatic carbocycles. The smallest absolute Gasteiger partial charge is 0.232 e. The number of pyridine rings is 1. The van der Waals surface area contributed by atoms with E-state index in [0.717, 1.165) is 0 Å². The Morgan fingerprint density at radius 1 is 1.47 bits per heavy atom. The Morgan fingerprint density at radius 3 is 2.80 bits per heavy atom. The first-order valence-corrected chi connectivity index (χ1v) is 6.23. The SMILES string of the molecule is CCS(=O)(=O)Nc1cncc(CCF)c1. The summed E-state index contributed by atoms with van der Waals surface area (Å²) in [7, 11) is -3.29. The highest BCUT2D eigenvalue weighted by molar-refractivity contribution is 7.92. The number of nitrogens with one attached hydrogen (secondary N) is 1. The minimum Gasteiger partial charge on any atom is -0.282 e. The Kier molecular flexibility index (Phi) is 4.02. The lowest BCUT2D eigenvalue weighted by atomic mass is 10.2. The number of halogens is 1. The van der Waals surface area contributed by atoms with Gasteiger partial charge in [0.1, 0.15) is 0 Å². The summed E-state index contributed by atoms with van der Waals surface area (Å²) in [6.45, 7) is 1.06. The summed E-state index contributed by atoms with van der Waals surface area (Å²) in [5.74, 6) is 0.000336. The maximum absolute atomic E-state index is 12.0. The Bertz CT molecular complexity index is 420. The molecule has 1 aromatic rings. The van der Waals surface area contributed by atoms with Gasteiger partial charge in [0.25, 0.3) is 0 Å². The van der Waals surface area contributed by atoms with Crippen LogP contribution < -0.4 is 4.72 Å². The molecule has 1 rings (SSSR count). The van der Waals surface area contributed by atoms with E-state index >= 15 is 0 Å². The first-order chi connectivity index (χ1) is 7.07. The van der Waals surface area contributed by atoms with Crippen LogP contribution in [0.5, 0.6) is 0 Å². The van der Waals surface area contributed by atoms with E-state index in [1.54, 1.807) is 13.0 Å². The number of aryl methyl sites for hydroxylation is 1. The molecular weight excluding hydrogens is 219 g/mol. The molecule has 0 aliphatic heterocycles. The maximum Gasteiger partial charge on any atom is 0.232 e. The molecule has 84 valence electrons. The van der Waals surface area contributed by atoms with Crippen LogP contribution in [-0.2, 0) is 16.4 Å². The number of anilines is 1. The fourth-order valence-electron chi connectivity index (χ4n) is 1.04. The van der Waals surface area contributed by atoms with Gasteiger partial charge in [-0.1, -0.05) is 0 Å². The van der Waals surface area contributed by atoms with E-state index in [0.29, 0.717) is 11.3 Å². The van der Waals surface area contributed by atoms with Gasteiger partial charge in [0.15, 0.2) is 0 Å². The second-order valence-corrected chi connectivity index (χ2v) is 5.04. The predicted octanol–water partition coefficient (Wildman–Crippen LogP) is 1.36. The standard InChI is InChI=1S/C9H13FN2O2S/c1-2-15(13,14)12-9-5-8(3-4-10)6-11-7-9/h5-7,12H,2-4H2,1H3. The molecule has 0 saturated heterocycles. The molecule has 4 nitrogen and oxygen atoms in total. The molecule has 15 heavy (non-hydrogen) atoms. The molecule has 6 heteroatoms. The molecule has 0 radical (unpaired) electrons. The van der Waals surface area contributed by atoms with Gasteiger partial charge >= 0.3 is 0 Å². The number of hydrogen-bond acceptors (Lipinski definition) is 3. The van der Waals surface area contributed by atoms with Gasteiger partial charge in [0.05, 0.1) is 24.3 Å². The van der Waals surface area contributed by atoms with Gasteiger partial charge in [-0.2, -0.15) is 0 Å². The molecular formula is C9H13FN2O2S. The molecule has 0 fully saturated rings. The van der Waals surface area contributed by atoms with Crippen molar-refractivity contribution in [1.29, 1.82) is 0 Å². The number of alkyl halides is 1. The lowest BCUT2D eigenvalue weighted by Crippen LogP contribution is -2.14. The highest BCUT2D eigenvalue weighted by atomic mass is 32.2. The lowest BCUT2D eigenvalue weighted by Gasteiger charge is -2.06. The molecule has 0 aromatic carbocycles. The number of nitrogens with zero attached hydrogens (tertiary/aromatic N) is 1. The Morgan fingerprint density at radius 2 is 2.20 bits per heavy atom. The number of hydrogen-bond donors (Lipinski definition) is 1. The minimum atomic E-state index is -3.29. The van der Waals surface area contributed by atoms with Gasteiger partial charge in [-0.25, -0.2) is 8.42 Å². The van der Waals surface area contributed by atoms with Crippen LogP contribution in [0.25, 0.3) is 0 Å². The Balaban J connectivity index is 2.82. The van der Waals surface area contributed by atoms with Crippen molar-refractivity contribution in [2.75, 3.05) is 17.1 Å². The van der Waals surface area contributed by atoms with Crippen molar-refractivity contribution in [3.05, 3.63) is 24.0 Å². The number of sulfonamides is 1. The maximum atomic E-state index is 12.0. The summed E-state index contributed by atoms with van der Waals surface area (Å²) < 4.78 is 36.9. The van der Waals surface area contributed by atoms with E-state index in [1.165, 1.54) is 12.4 Å². The van der Waals surface area contributed by atoms with Gasteiger partial charge in [0, 0.05) is 12.6 Å². The Labute approximate surface area is 88.6 Å². The van der Waals surface area contributed by atoms with Gasteiger partial charge in [-0.15, -0.1) is 0 Å². The second kappa shape index (κ2) is 5.06. The van der Waals surface area contributed by atoms with E-state index in [4.69, 9.17) is 0 Å². The molecule has 1 aromatic heterocycles. The van der Waals surface area contributed by atoms with E-state index < -0.39 is 16.7 Å². The van der Waals surface area contributed by atoms with Gasteiger partial charge in [0.2, 0.25) is 10.0 Å². The molecule has 0 aliphatic rings. The Hall–Kier alpha value is -1.17. The molecule has 0 saturated carbocycles. The zero-order chi connectivity index (χ0) is 11.3. The summed E-state index contributed by atoms with van der Waals surface area (Å²) in [5, 5.41) is 0. The predicted molar refractivity (Wildman–Crippen MR) is 57.0 cm³/mol. The molecule has 1 heterocycles. The van der Waals surface area contributed by atoms with Crippen molar-refractivity contribution in [3.63, 3.8) is 0 Å². The topological polar surface area (TPSA) is 59.1 Å². The molecule has 0 spiro atoms. The van der Waals surface area contributed by atoms with Crippen molar-refractivity contribution in [3.8, 4) is 0 Å². The quantitative estimate of drug-likeness (QED) is 0.833. The zero-order valence-electron chi connectivity index (χ0n) is 8.40. The first-order valence-electron chi connectivity index (χ1n) is 4.58. The summed E-state index contributed by atoms with van der Waals surface area (Å²) in [5.41, 5.74) is 1.05. The van der Waals surface area contributed by atoms with Crippen molar-refractivity contribution >= 4 is 15.7 Å². The van der Waals surface area contributed by atoms with Crippen LogP contribution in [0.15, 0.2) is 18.5 Å². The van der Waals surface area contributed by atoms with Gasteiger partial charge < -0.3 is 0 Å². The van der Waals surface area contributed by atoms with Crippen molar-refractivity contribution in [1.82, 2.24) is 4.98 Å². The summed E-state index contributed by atoms with van der Waals surface area (Å²) in [4.78, 5) is 3.83. The van der Waals surface area contributed by atoms with Crippen LogP contribution in [0.3, 0.4) is 0 Å². The highest BCUT2D eigenvalue weighted by Crippen LogP contribution is 2.11. The zero-order valence-corrected chi connectivity index (χ0v) is 9.22. The second-order valence-electron chi connectivity index (χ2n) is 3.03. The average Bonchev–Trinajstić information content (AvgIpc) is 2.18. The van der Waals surface area contributed by atoms with Crippen LogP contribution in [0.4, 0.5) is 10.1 Å². The van der Waals surface area contributed by atoms with Crippen LogP contribution in [0.2, 0.25) is 0 Å². The van der Waals surface area contributed by atoms with E-state index in [2.05, 4.69) is 9.71 Å². The van der Waals surface area contributed by atoms with Crippen LogP contribution in [0, 0.1) is 0 Å². The largest absolute Gasteiger partial charge is 0.282 e. The fraction of sp³-hybridized carbons (Fsp3) is 0.444. The van der Waals surface area contributed by atoms with Crippen LogP contribution in [0.1, 0.15) is 12.5 Å². The third-order valence-corrected chi connectivity index (χ3v) is 3.14. The average molecular weight is 232 g/mol. The molecule has 0 unspecified atom stereocenters. The molecule has 0 bridgehead atoms. The number of rotatable bonds is 5. The molecule has 1 N–H and O–H groups in total. The van der Waals surface area contributed by atoms with Crippen LogP contribution >= 0.6 is 0 Å². The van der Waals surface area contributed by atoms with Crippen molar-refractivity contribution < 1.29 is 12.8 Å². The minimum absolute atomic E-state index is 0.000336. The third kappa shape index (κ3) is 3.83. The summed E-state index contributed by atoms with van der Waals surface area (Å²) in [6.07, 6.45) is 3.16. The van der Waals surface area contributed by atoms with E-state index in [-0.39, 0.29) is 12.2 Å². The van der Waals surface area contributed by atoms with Crippen molar-refractivity contribution in [2.24, 2.45) is 0 Å². The van der Waals surface area contributed by atoms with E-state index in [9.17, 15) is 12.8 Å². The highest BCUT2D eigenvalue weighted by Gasteiger charge is 2.07. The van der Waals surface area contributed by atoms with Crippen LogP contribution in [-0.4, -0.2) is 25.8 Å². The number of aromatic nitrogens is 1. The lowest BCUT2D eigenvalue weighted by molar-refractivity contribution is 0.495. The molecule has 0 atom stereocenters. The van der Waals surface area contributed by atoms with Crippen molar-refractivity contribution in [2.45, 2.75) is 13.3 Å². The normalized spacial score (nSPS) is 11.3. The van der Waals surface area contributed by atoms with E-state index in [1.807, 2.05) is 0 Å². The third-order valence-electron chi connectivity index (χ3n) is 1.83. The first kappa shape index (κ1) is 11.9. The summed E-state index contributed by atoms with van der Waals surface area (Å²) >= 11 is 0. The summed E-state index contributed by atoms with van der Waals surface area (Å²) in [6, 6.07) is 1.58. The monoisotopic (exact) mass is 232 g/mol. The molecule has 0 amide bonds. The fourth-order valence-corrected chi connectivity index (χ4v) is 1.66.